The number of nitro groups is 3. The fourth-order valence-electron chi connectivity index (χ4n) is 2.75. The smallest absolute Gasteiger partial charge is 0.258 e. The molecule has 0 fully saturated rings. The Balaban J connectivity index is 0.00000300. The van der Waals surface area contributed by atoms with E-state index in [2.05, 4.69) is 0 Å². The van der Waals surface area contributed by atoms with Crippen molar-refractivity contribution >= 4 is 17.1 Å². The number of nitrogens with zero attached hydrogens (tertiary/aromatic N) is 3. The molecule has 3 rings (SSSR count). The monoisotopic (exact) mass is 417 g/mol. The van der Waals surface area contributed by atoms with Crippen LogP contribution in [-0.2, 0) is 0 Å². The third-order valence-corrected chi connectivity index (χ3v) is 4.10. The van der Waals surface area contributed by atoms with Gasteiger partial charge in [0.15, 0.2) is 0 Å². The van der Waals surface area contributed by atoms with Gasteiger partial charge in [-0.3, -0.25) is 30.3 Å². The molecule has 0 spiro atoms. The molecule has 0 aliphatic rings. The van der Waals surface area contributed by atoms with Gasteiger partial charge in [0.1, 0.15) is 0 Å². The molecule has 0 atom stereocenters. The normalized spacial score (nSPS) is 9.93. The van der Waals surface area contributed by atoms with E-state index in [9.17, 15) is 30.3 Å². The number of non-ortho nitro benzene ring substituents is 3. The Kier molecular flexibility index (Phi) is 7.59. The molecule has 0 saturated carbocycles. The van der Waals surface area contributed by atoms with Crippen LogP contribution in [0.25, 0.3) is 0 Å². The van der Waals surface area contributed by atoms with Crippen LogP contribution in [0.2, 0.25) is 0 Å². The van der Waals surface area contributed by atoms with Crippen molar-refractivity contribution in [2.75, 3.05) is 0 Å². The first kappa shape index (κ1) is 22.7. The number of rotatable bonds is 6. The molecule has 0 amide bonds. The first-order valence-corrected chi connectivity index (χ1v) is 7.98. The molecule has 0 heterocycles. The van der Waals surface area contributed by atoms with Crippen molar-refractivity contribution in [3.63, 3.8) is 0 Å². The van der Waals surface area contributed by atoms with Gasteiger partial charge in [0.05, 0.1) is 14.8 Å². The Hall–Kier alpha value is -2.63. The zero-order valence-corrected chi connectivity index (χ0v) is 18.3. The molecule has 0 aromatic heterocycles. The van der Waals surface area contributed by atoms with Gasteiger partial charge in [0.25, 0.3) is 17.1 Å². The summed E-state index contributed by atoms with van der Waals surface area (Å²) in [5, 5.41) is 32.7. The maximum atomic E-state index is 10.9. The fourth-order valence-corrected chi connectivity index (χ4v) is 2.75. The van der Waals surface area contributed by atoms with Crippen molar-refractivity contribution in [2.45, 2.75) is 0 Å². The van der Waals surface area contributed by atoms with Crippen molar-refractivity contribution in [2.24, 2.45) is 0 Å². The minimum atomic E-state index is -0.513. The Morgan fingerprint density at radius 2 is 0.690 bits per heavy atom. The molecule has 0 aliphatic carbocycles. The summed E-state index contributed by atoms with van der Waals surface area (Å²) in [6.07, 6.45) is 0. The minimum Gasteiger partial charge on any atom is -0.258 e. The van der Waals surface area contributed by atoms with Crippen LogP contribution >= 0.6 is 0 Å². The summed E-state index contributed by atoms with van der Waals surface area (Å²) >= 11 is 0. The van der Waals surface area contributed by atoms with Gasteiger partial charge in [0, 0.05) is 0 Å². The third kappa shape index (κ3) is 5.25. The summed E-state index contributed by atoms with van der Waals surface area (Å²) in [5.74, 6) is 0.639. The molecule has 0 saturated heterocycles. The predicted octanol–water partition coefficient (Wildman–Crippen LogP) is 1.43. The molecule has 0 radical (unpaired) electrons. The fraction of sp³-hybridized carbons (Fsp3) is 0. The van der Waals surface area contributed by atoms with Gasteiger partial charge in [-0.25, -0.2) is 0 Å². The van der Waals surface area contributed by atoms with Crippen molar-refractivity contribution < 1.29 is 66.2 Å². The molecular weight excluding hydrogens is 405 g/mol. The third-order valence-electron chi connectivity index (χ3n) is 4.10. The summed E-state index contributed by atoms with van der Waals surface area (Å²) in [6, 6.07) is 17.5. The number of hydrogen-bond donors (Lipinski definition) is 0. The van der Waals surface area contributed by atoms with Gasteiger partial charge < -0.3 is 0 Å². The van der Waals surface area contributed by atoms with E-state index in [1.54, 1.807) is 36.4 Å². The predicted molar refractivity (Wildman–Crippen MR) is 99.8 cm³/mol. The Morgan fingerprint density at radius 3 is 0.862 bits per heavy atom. The molecule has 3 aromatic carbocycles. The molecule has 10 heteroatoms. The Labute approximate surface area is 207 Å². The van der Waals surface area contributed by atoms with Crippen LogP contribution in [0, 0.1) is 36.3 Å². The van der Waals surface area contributed by atoms with Crippen LogP contribution in [-0.4, -0.2) is 14.8 Å². The summed E-state index contributed by atoms with van der Waals surface area (Å²) in [4.78, 5) is 31.1. The zero-order chi connectivity index (χ0) is 20.3. The summed E-state index contributed by atoms with van der Waals surface area (Å²) in [5.41, 5.74) is 1.68. The summed E-state index contributed by atoms with van der Waals surface area (Å²) < 4.78 is 0. The van der Waals surface area contributed by atoms with E-state index >= 15 is 0 Å². The van der Waals surface area contributed by atoms with Crippen molar-refractivity contribution in [3.8, 4) is 0 Å². The molecule has 9 nitrogen and oxygen atoms in total. The molecule has 0 bridgehead atoms. The van der Waals surface area contributed by atoms with Gasteiger partial charge in [-0.2, -0.15) is 0 Å². The first-order valence-electron chi connectivity index (χ1n) is 7.98. The summed E-state index contributed by atoms with van der Waals surface area (Å²) in [6.45, 7) is 0. The maximum absolute atomic E-state index is 10.9. The Morgan fingerprint density at radius 1 is 0.483 bits per heavy atom. The number of hydrogen-bond acceptors (Lipinski definition) is 6. The van der Waals surface area contributed by atoms with Crippen LogP contribution in [0.15, 0.2) is 72.8 Å². The minimum absolute atomic E-state index is 0. The SMILES string of the molecule is O=[N+]([O-])c1ccc([C-](c2ccc([N+](=O)[O-])cc2)c2ccc([N+](=O)[O-])cc2)cc1.[K+]. The van der Waals surface area contributed by atoms with Crippen molar-refractivity contribution in [1.82, 2.24) is 0 Å². The van der Waals surface area contributed by atoms with E-state index in [0.29, 0.717) is 22.6 Å². The van der Waals surface area contributed by atoms with E-state index in [0.717, 1.165) is 0 Å². The van der Waals surface area contributed by atoms with Crippen LogP contribution in [0.1, 0.15) is 16.7 Å². The van der Waals surface area contributed by atoms with E-state index in [-0.39, 0.29) is 68.4 Å². The standard InChI is InChI=1S/C19H12N3O6.K/c23-20(24)16-7-1-13(2-8-16)19(14-3-9-17(10-4-14)21(25)26)15-5-11-18(12-6-15)22(27)28;/h1-12H;/q-1;+1. The molecule has 140 valence electrons. The van der Waals surface area contributed by atoms with E-state index in [1.165, 1.54) is 36.4 Å². The quantitative estimate of drug-likeness (QED) is 0.196. The van der Waals surface area contributed by atoms with Crippen LogP contribution in [0.4, 0.5) is 17.1 Å². The second-order valence-electron chi connectivity index (χ2n) is 5.79. The summed E-state index contributed by atoms with van der Waals surface area (Å²) in [7, 11) is 0. The van der Waals surface area contributed by atoms with E-state index in [1.807, 2.05) is 0 Å². The van der Waals surface area contributed by atoms with Gasteiger partial charge in [-0.1, -0.05) is 59.0 Å². The zero-order valence-electron chi connectivity index (χ0n) is 15.2. The van der Waals surface area contributed by atoms with E-state index < -0.39 is 14.8 Å². The van der Waals surface area contributed by atoms with Crippen LogP contribution < -0.4 is 51.4 Å². The topological polar surface area (TPSA) is 129 Å². The maximum Gasteiger partial charge on any atom is 1.00 e. The van der Waals surface area contributed by atoms with Gasteiger partial charge in [0.2, 0.25) is 0 Å². The second kappa shape index (κ2) is 9.72. The van der Waals surface area contributed by atoms with Gasteiger partial charge in [-0.15, -0.1) is 0 Å². The first-order chi connectivity index (χ1) is 13.4. The number of nitro benzene ring substituents is 3. The molecule has 0 N–H and O–H groups in total. The van der Waals surface area contributed by atoms with Crippen LogP contribution in [0.5, 0.6) is 0 Å². The van der Waals surface area contributed by atoms with Gasteiger partial charge in [-0.05, 0) is 36.4 Å². The van der Waals surface area contributed by atoms with Crippen molar-refractivity contribution in [1.29, 1.82) is 0 Å². The molecular formula is C19H12KN3O6. The largest absolute Gasteiger partial charge is 1.00 e. The second-order valence-corrected chi connectivity index (χ2v) is 5.79. The average molecular weight is 417 g/mol. The average Bonchev–Trinajstić information content (AvgIpc) is 2.69. The number of benzene rings is 3. The molecule has 0 aliphatic heterocycles. The van der Waals surface area contributed by atoms with E-state index in [4.69, 9.17) is 0 Å². The molecule has 0 unspecified atom stereocenters. The van der Waals surface area contributed by atoms with Gasteiger partial charge >= 0.3 is 51.4 Å². The Bertz CT molecular complexity index is 900. The molecule has 29 heavy (non-hydrogen) atoms. The van der Waals surface area contributed by atoms with Crippen molar-refractivity contribution in [3.05, 3.63) is 126 Å². The van der Waals surface area contributed by atoms with Crippen LogP contribution in [0.3, 0.4) is 0 Å². The molecule has 3 aromatic rings.